The highest BCUT2D eigenvalue weighted by atomic mass is 19.1. The molecule has 108 valence electrons. The quantitative estimate of drug-likeness (QED) is 0.920. The van der Waals surface area contributed by atoms with Crippen LogP contribution < -0.4 is 5.73 Å². The van der Waals surface area contributed by atoms with E-state index in [2.05, 4.69) is 0 Å². The van der Waals surface area contributed by atoms with Gasteiger partial charge in [0.25, 0.3) is 0 Å². The van der Waals surface area contributed by atoms with Crippen molar-refractivity contribution in [2.75, 3.05) is 13.1 Å². The van der Waals surface area contributed by atoms with Gasteiger partial charge in [-0.15, -0.1) is 0 Å². The van der Waals surface area contributed by atoms with E-state index in [-0.39, 0.29) is 23.7 Å². The Labute approximate surface area is 118 Å². The Kier molecular flexibility index (Phi) is 3.74. The number of hydrogen-bond donors (Lipinski definition) is 1. The van der Waals surface area contributed by atoms with E-state index in [1.807, 2.05) is 11.0 Å². The van der Waals surface area contributed by atoms with Crippen molar-refractivity contribution in [3.63, 3.8) is 0 Å². The van der Waals surface area contributed by atoms with Gasteiger partial charge in [0.15, 0.2) is 0 Å². The second-order valence-corrected chi connectivity index (χ2v) is 6.10. The lowest BCUT2D eigenvalue weighted by atomic mass is 9.85. The molecule has 1 aliphatic heterocycles. The molecule has 3 rings (SSSR count). The number of nitrogens with two attached hydrogens (primary N) is 1. The molecule has 1 aliphatic carbocycles. The van der Waals surface area contributed by atoms with Gasteiger partial charge in [0.2, 0.25) is 5.91 Å². The van der Waals surface area contributed by atoms with Crippen LogP contribution in [0, 0.1) is 11.7 Å². The van der Waals surface area contributed by atoms with Gasteiger partial charge in [-0.1, -0.05) is 12.1 Å². The summed E-state index contributed by atoms with van der Waals surface area (Å²) in [4.78, 5) is 14.0. The van der Waals surface area contributed by atoms with Gasteiger partial charge in [-0.3, -0.25) is 4.79 Å². The maximum Gasteiger partial charge on any atom is 0.222 e. The first-order valence-electron chi connectivity index (χ1n) is 7.42. The van der Waals surface area contributed by atoms with Crippen LogP contribution in [0.4, 0.5) is 4.39 Å². The van der Waals surface area contributed by atoms with Gasteiger partial charge in [-0.2, -0.15) is 0 Å². The fourth-order valence-electron chi connectivity index (χ4n) is 3.06. The smallest absolute Gasteiger partial charge is 0.222 e. The van der Waals surface area contributed by atoms with E-state index in [1.165, 1.54) is 18.9 Å². The van der Waals surface area contributed by atoms with Crippen LogP contribution in [0.2, 0.25) is 0 Å². The van der Waals surface area contributed by atoms with Crippen molar-refractivity contribution < 1.29 is 9.18 Å². The third-order valence-corrected chi connectivity index (χ3v) is 4.45. The summed E-state index contributed by atoms with van der Waals surface area (Å²) in [5, 5.41) is 0. The number of halogens is 1. The van der Waals surface area contributed by atoms with Crippen LogP contribution in [-0.4, -0.2) is 29.9 Å². The second-order valence-electron chi connectivity index (χ2n) is 6.10. The minimum atomic E-state index is -0.220. The predicted molar refractivity (Wildman–Crippen MR) is 75.7 cm³/mol. The van der Waals surface area contributed by atoms with Crippen LogP contribution in [0.1, 0.15) is 37.2 Å². The molecule has 1 saturated carbocycles. The highest BCUT2D eigenvalue weighted by Crippen LogP contribution is 2.34. The summed E-state index contributed by atoms with van der Waals surface area (Å²) < 4.78 is 13.3. The molecule has 2 atom stereocenters. The first kappa shape index (κ1) is 13.6. The number of amides is 1. The summed E-state index contributed by atoms with van der Waals surface area (Å²) >= 11 is 0. The van der Waals surface area contributed by atoms with E-state index < -0.39 is 0 Å². The monoisotopic (exact) mass is 276 g/mol. The van der Waals surface area contributed by atoms with E-state index in [1.54, 1.807) is 12.1 Å². The lowest BCUT2D eigenvalue weighted by Gasteiger charge is -2.37. The van der Waals surface area contributed by atoms with Crippen molar-refractivity contribution in [3.8, 4) is 0 Å². The number of hydrogen-bond acceptors (Lipinski definition) is 2. The first-order chi connectivity index (χ1) is 9.63. The van der Waals surface area contributed by atoms with Gasteiger partial charge in [0.05, 0.1) is 0 Å². The Balaban J connectivity index is 1.62. The molecule has 0 aromatic heterocycles. The summed E-state index contributed by atoms with van der Waals surface area (Å²) in [6.45, 7) is 1.33. The van der Waals surface area contributed by atoms with Crippen LogP contribution in [0.5, 0.6) is 0 Å². The third kappa shape index (κ3) is 3.01. The molecule has 3 nitrogen and oxygen atoms in total. The van der Waals surface area contributed by atoms with Crippen molar-refractivity contribution in [2.45, 2.75) is 37.6 Å². The largest absolute Gasteiger partial charge is 0.341 e. The molecule has 2 aliphatic rings. The number of carbonyl (C=O) groups excluding carboxylic acids is 1. The van der Waals surface area contributed by atoms with Crippen molar-refractivity contribution in [3.05, 3.63) is 35.6 Å². The molecule has 1 amide bonds. The number of carbonyl (C=O) groups is 1. The Morgan fingerprint density at radius 2 is 2.15 bits per heavy atom. The van der Waals surface area contributed by atoms with Crippen molar-refractivity contribution in [1.29, 1.82) is 0 Å². The Morgan fingerprint density at radius 3 is 2.80 bits per heavy atom. The zero-order valence-electron chi connectivity index (χ0n) is 11.6. The highest BCUT2D eigenvalue weighted by Gasteiger charge is 2.32. The van der Waals surface area contributed by atoms with Crippen molar-refractivity contribution >= 4 is 5.91 Å². The second kappa shape index (κ2) is 5.52. The van der Waals surface area contributed by atoms with Crippen molar-refractivity contribution in [1.82, 2.24) is 4.90 Å². The molecule has 2 unspecified atom stereocenters. The molecule has 4 heteroatoms. The van der Waals surface area contributed by atoms with E-state index >= 15 is 0 Å². The summed E-state index contributed by atoms with van der Waals surface area (Å²) in [7, 11) is 0. The molecular weight excluding hydrogens is 255 g/mol. The van der Waals surface area contributed by atoms with Crippen LogP contribution in [0.3, 0.4) is 0 Å². The van der Waals surface area contributed by atoms with Gasteiger partial charge in [0, 0.05) is 31.5 Å². The van der Waals surface area contributed by atoms with Gasteiger partial charge >= 0.3 is 0 Å². The minimum absolute atomic E-state index is 0.103. The Morgan fingerprint density at radius 1 is 1.35 bits per heavy atom. The van der Waals surface area contributed by atoms with E-state index in [0.29, 0.717) is 18.9 Å². The van der Waals surface area contributed by atoms with Crippen LogP contribution in [-0.2, 0) is 4.79 Å². The fraction of sp³-hybridized carbons (Fsp3) is 0.562. The molecule has 1 heterocycles. The Hall–Kier alpha value is -1.42. The topological polar surface area (TPSA) is 46.3 Å². The summed E-state index contributed by atoms with van der Waals surface area (Å²) in [6, 6.07) is 6.56. The molecule has 0 spiro atoms. The average Bonchev–Trinajstić information content (AvgIpc) is 3.22. The zero-order valence-corrected chi connectivity index (χ0v) is 11.6. The molecule has 2 fully saturated rings. The SMILES string of the molecule is NC1CN(C(=O)CC2CC2)CCC1c1cccc(F)c1. The van der Waals surface area contributed by atoms with Gasteiger partial charge in [0.1, 0.15) is 5.82 Å². The lowest BCUT2D eigenvalue weighted by molar-refractivity contribution is -0.132. The van der Waals surface area contributed by atoms with Crippen LogP contribution in [0.15, 0.2) is 24.3 Å². The number of piperidine rings is 1. The molecule has 0 radical (unpaired) electrons. The third-order valence-electron chi connectivity index (χ3n) is 4.45. The minimum Gasteiger partial charge on any atom is -0.341 e. The lowest BCUT2D eigenvalue weighted by Crippen LogP contribution is -2.49. The van der Waals surface area contributed by atoms with E-state index in [9.17, 15) is 9.18 Å². The van der Waals surface area contributed by atoms with E-state index in [0.717, 1.165) is 18.5 Å². The molecule has 1 aromatic carbocycles. The van der Waals surface area contributed by atoms with Crippen LogP contribution in [0.25, 0.3) is 0 Å². The summed E-state index contributed by atoms with van der Waals surface area (Å²) in [6.07, 6.45) is 3.88. The number of rotatable bonds is 3. The van der Waals surface area contributed by atoms with Crippen molar-refractivity contribution in [2.24, 2.45) is 11.7 Å². The normalized spacial score (nSPS) is 26.6. The molecule has 1 saturated heterocycles. The predicted octanol–water partition coefficient (Wildman–Crippen LogP) is 2.27. The molecule has 0 bridgehead atoms. The maximum absolute atomic E-state index is 13.3. The standard InChI is InChI=1S/C16H21FN2O/c17-13-3-1-2-12(9-13)14-6-7-19(10-15(14)18)16(20)8-11-4-5-11/h1-3,9,11,14-15H,4-8,10,18H2. The van der Waals surface area contributed by atoms with Gasteiger partial charge < -0.3 is 10.6 Å². The molecule has 2 N–H and O–H groups in total. The highest BCUT2D eigenvalue weighted by molar-refractivity contribution is 5.77. The number of likely N-dealkylation sites (tertiary alicyclic amines) is 1. The number of nitrogens with zero attached hydrogens (tertiary/aromatic N) is 1. The zero-order chi connectivity index (χ0) is 14.1. The maximum atomic E-state index is 13.3. The van der Waals surface area contributed by atoms with E-state index in [4.69, 9.17) is 5.73 Å². The Bertz CT molecular complexity index is 501. The molecule has 1 aromatic rings. The van der Waals surface area contributed by atoms with Gasteiger partial charge in [-0.25, -0.2) is 4.39 Å². The summed E-state index contributed by atoms with van der Waals surface area (Å²) in [5.41, 5.74) is 7.17. The molecular formula is C16H21FN2O. The summed E-state index contributed by atoms with van der Waals surface area (Å²) in [5.74, 6) is 0.776. The fourth-order valence-corrected chi connectivity index (χ4v) is 3.06. The first-order valence-corrected chi connectivity index (χ1v) is 7.42. The number of benzene rings is 1. The van der Waals surface area contributed by atoms with Crippen LogP contribution >= 0.6 is 0 Å². The average molecular weight is 276 g/mol. The van der Waals surface area contributed by atoms with Gasteiger partial charge in [-0.05, 0) is 42.9 Å². The molecule has 20 heavy (non-hydrogen) atoms.